The summed E-state index contributed by atoms with van der Waals surface area (Å²) in [6, 6.07) is 6.35. The van der Waals surface area contributed by atoms with E-state index < -0.39 is 136 Å². The maximum absolute atomic E-state index is 15.5. The quantitative estimate of drug-likeness (QED) is 0.0586. The number of hydrogen-bond acceptors (Lipinski definition) is 18. The van der Waals surface area contributed by atoms with E-state index in [0.29, 0.717) is 5.57 Å². The van der Waals surface area contributed by atoms with Gasteiger partial charge in [0.05, 0.1) is 35.6 Å². The van der Waals surface area contributed by atoms with Gasteiger partial charge in [-0.1, -0.05) is 49.8 Å². The molecular weight excluding hydrogens is 965 g/mol. The third kappa shape index (κ3) is 12.2. The van der Waals surface area contributed by atoms with E-state index in [9.17, 15) is 48.9 Å². The number of aliphatic hydroxyl groups is 3. The standard InChI is InChI=1S/C54H74N2O18/c1-29(2)25-34(55-38(60)23-19-16-20-24-56(47(65)73-49(6,7)8)48(66)74-50(9,10)11)40(61)46(64)70-35-27-54(67)44(71-45(63)33-21-17-15-18-22-33)42-52(14,36(59)26-37-53(42,28-68-37)72-32(5)58)43(62)41(69-31(4)57)39(30(35)3)51(54,12)13/h15,17-19,21-23,25,34-37,40-42,44,59,61,67H,16,20,24,26-28H2,1-14H3,(H,55,60)/b23-19+/t34-,35-,36-,37-,40+,41+,42-,44-,52+,53-,54+/m0/s1. The Morgan fingerprint density at radius 1 is 0.892 bits per heavy atom. The van der Waals surface area contributed by atoms with Gasteiger partial charge in [0.25, 0.3) is 0 Å². The molecule has 4 N–H and O–H groups in total. The summed E-state index contributed by atoms with van der Waals surface area (Å²) in [7, 11) is 0. The van der Waals surface area contributed by atoms with E-state index in [1.807, 2.05) is 0 Å². The predicted molar refractivity (Wildman–Crippen MR) is 264 cm³/mol. The van der Waals surface area contributed by atoms with Gasteiger partial charge >= 0.3 is 36.1 Å². The summed E-state index contributed by atoms with van der Waals surface area (Å²) in [5.74, 6) is -7.21. The van der Waals surface area contributed by atoms with Crippen LogP contribution in [0.15, 0.2) is 65.3 Å². The molecule has 0 radical (unpaired) electrons. The van der Waals surface area contributed by atoms with Gasteiger partial charge in [-0.2, -0.15) is 0 Å². The fraction of sp³-hybridized carbons (Fsp3) is 0.630. The lowest BCUT2D eigenvalue weighted by Crippen LogP contribution is -2.82. The third-order valence-electron chi connectivity index (χ3n) is 14.1. The molecule has 3 aliphatic carbocycles. The molecule has 5 rings (SSSR count). The number of Topliss-reactive ketones (excluding diaryl/α,β-unsaturated/α-hetero) is 1. The first-order valence-electron chi connectivity index (χ1n) is 24.8. The molecule has 1 aliphatic heterocycles. The lowest BCUT2D eigenvalue weighted by Gasteiger charge is -2.67. The first-order chi connectivity index (χ1) is 34.1. The molecule has 3 fully saturated rings. The van der Waals surface area contributed by atoms with Crippen molar-refractivity contribution in [2.45, 2.75) is 188 Å². The van der Waals surface area contributed by atoms with Gasteiger partial charge in [-0.3, -0.25) is 19.2 Å². The highest BCUT2D eigenvalue weighted by atomic mass is 16.6. The van der Waals surface area contributed by atoms with Crippen LogP contribution >= 0.6 is 0 Å². The molecule has 1 aromatic rings. The van der Waals surface area contributed by atoms with Crippen LogP contribution in [0.25, 0.3) is 0 Å². The van der Waals surface area contributed by atoms with Crippen molar-refractivity contribution in [3.63, 3.8) is 0 Å². The molecule has 20 heteroatoms. The number of rotatable bonds is 14. The average molecular weight is 1040 g/mol. The van der Waals surface area contributed by atoms with Crippen molar-refractivity contribution in [1.82, 2.24) is 10.2 Å². The molecule has 20 nitrogen and oxygen atoms in total. The van der Waals surface area contributed by atoms with E-state index >= 15 is 4.79 Å². The summed E-state index contributed by atoms with van der Waals surface area (Å²) in [5, 5.41) is 40.1. The van der Waals surface area contributed by atoms with E-state index in [1.165, 1.54) is 52.0 Å². The number of carbonyl (C=O) groups excluding carboxylic acids is 8. The molecule has 4 aliphatic rings. The first kappa shape index (κ1) is 58.9. The maximum atomic E-state index is 15.5. The van der Waals surface area contributed by atoms with Crippen molar-refractivity contribution >= 4 is 47.8 Å². The number of unbranched alkanes of at least 4 members (excludes halogenated alkanes) is 1. The SMILES string of the molecule is CC(=O)O[C@H]1C(=O)[C@@]2(C)[C@H]([C@H](OC(=O)c3ccccc3)[C@]3(O)C[C@H](OC(=O)[C@H](O)[C@H](C=C(C)C)NC(=O)/C=C/CCCN(C(=O)OC(C)(C)C)C(=O)OC(C)(C)C)C(C)=C1C3(C)C)[C@]1(OC(C)=O)CO[C@H]1C[C@@H]2O. The summed E-state index contributed by atoms with van der Waals surface area (Å²) in [6.07, 6.45) is -8.24. The van der Waals surface area contributed by atoms with Gasteiger partial charge in [-0.15, -0.1) is 0 Å². The molecule has 1 heterocycles. The van der Waals surface area contributed by atoms with Crippen LogP contribution in [0.1, 0.15) is 133 Å². The number of nitrogens with one attached hydrogen (secondary N) is 1. The zero-order valence-corrected chi connectivity index (χ0v) is 44.9. The number of ketones is 1. The largest absolute Gasteiger partial charge is 0.456 e. The number of fused-ring (bicyclic) bond motifs is 5. The summed E-state index contributed by atoms with van der Waals surface area (Å²) in [4.78, 5) is 110. The molecule has 1 aromatic carbocycles. The molecule has 0 spiro atoms. The van der Waals surface area contributed by atoms with Crippen LogP contribution in [0.3, 0.4) is 0 Å². The topological polar surface area (TPSA) is 277 Å². The Bertz CT molecular complexity index is 2420. The number of benzene rings is 1. The molecule has 11 atom stereocenters. The number of nitrogens with zero attached hydrogens (tertiary/aromatic N) is 1. The molecule has 0 unspecified atom stereocenters. The number of imide groups is 1. The Balaban J connectivity index is 1.50. The Morgan fingerprint density at radius 3 is 2.00 bits per heavy atom. The van der Waals surface area contributed by atoms with Crippen molar-refractivity contribution in [3.8, 4) is 0 Å². The molecule has 2 bridgehead atoms. The zero-order valence-electron chi connectivity index (χ0n) is 44.9. The van der Waals surface area contributed by atoms with Crippen molar-refractivity contribution in [3.05, 3.63) is 70.8 Å². The number of hydrogen-bond donors (Lipinski definition) is 4. The molecule has 74 heavy (non-hydrogen) atoms. The van der Waals surface area contributed by atoms with Gasteiger partial charge in [-0.25, -0.2) is 24.1 Å². The van der Waals surface area contributed by atoms with Crippen LogP contribution in [0.5, 0.6) is 0 Å². The van der Waals surface area contributed by atoms with Crippen LogP contribution in [0, 0.1) is 16.7 Å². The van der Waals surface area contributed by atoms with E-state index in [2.05, 4.69) is 5.32 Å². The smallest absolute Gasteiger partial charge is 0.419 e. The van der Waals surface area contributed by atoms with E-state index in [4.69, 9.17) is 33.2 Å². The lowest BCUT2D eigenvalue weighted by molar-refractivity contribution is -0.346. The van der Waals surface area contributed by atoms with Gasteiger partial charge in [0.1, 0.15) is 35.1 Å². The second kappa shape index (κ2) is 22.1. The molecular formula is C54H74N2O18. The minimum atomic E-state index is -2.44. The number of allylic oxidation sites excluding steroid dienone is 2. The fourth-order valence-electron chi connectivity index (χ4n) is 10.6. The van der Waals surface area contributed by atoms with Gasteiger partial charge < -0.3 is 53.8 Å². The summed E-state index contributed by atoms with van der Waals surface area (Å²) in [6.45, 7) is 20.9. The Hall–Kier alpha value is -5.96. The minimum absolute atomic E-state index is 0.0418. The van der Waals surface area contributed by atoms with E-state index in [-0.39, 0.29) is 49.1 Å². The van der Waals surface area contributed by atoms with Gasteiger partial charge in [-0.05, 0) is 111 Å². The highest BCUT2D eigenvalue weighted by Crippen LogP contribution is 2.64. The van der Waals surface area contributed by atoms with Crippen molar-refractivity contribution < 1.29 is 86.8 Å². The molecule has 2 saturated carbocycles. The van der Waals surface area contributed by atoms with Crippen LogP contribution in [-0.2, 0) is 57.1 Å². The first-order valence-corrected chi connectivity index (χ1v) is 24.8. The predicted octanol–water partition coefficient (Wildman–Crippen LogP) is 5.52. The molecule has 408 valence electrons. The fourth-order valence-corrected chi connectivity index (χ4v) is 10.6. The van der Waals surface area contributed by atoms with Crippen molar-refractivity contribution in [1.29, 1.82) is 0 Å². The van der Waals surface area contributed by atoms with Crippen LogP contribution in [-0.4, -0.2) is 146 Å². The third-order valence-corrected chi connectivity index (χ3v) is 14.1. The monoisotopic (exact) mass is 1040 g/mol. The van der Waals surface area contributed by atoms with Gasteiger partial charge in [0.15, 0.2) is 23.6 Å². The average Bonchev–Trinajstić information content (AvgIpc) is 3.26. The summed E-state index contributed by atoms with van der Waals surface area (Å²) >= 11 is 0. The molecule has 0 aromatic heterocycles. The Morgan fingerprint density at radius 2 is 1.49 bits per heavy atom. The molecule has 3 amide bonds. The zero-order chi connectivity index (χ0) is 55.7. The van der Waals surface area contributed by atoms with E-state index in [0.717, 1.165) is 24.8 Å². The highest BCUT2D eigenvalue weighted by molar-refractivity contribution is 5.96. The number of esters is 4. The maximum Gasteiger partial charge on any atom is 0.419 e. The number of amides is 3. The number of ether oxygens (including phenoxy) is 7. The van der Waals surface area contributed by atoms with Gasteiger partial charge in [0.2, 0.25) is 5.91 Å². The summed E-state index contributed by atoms with van der Waals surface area (Å²) in [5.41, 5.74) is -9.14. The highest BCUT2D eigenvalue weighted by Gasteiger charge is 2.78. The van der Waals surface area contributed by atoms with Crippen molar-refractivity contribution in [2.24, 2.45) is 16.7 Å². The Kier molecular flexibility index (Phi) is 17.6. The van der Waals surface area contributed by atoms with E-state index in [1.54, 1.807) is 73.6 Å². The van der Waals surface area contributed by atoms with Crippen LogP contribution < -0.4 is 5.32 Å². The number of aliphatic hydroxyl groups excluding tert-OH is 2. The normalized spacial score (nSPS) is 29.0. The van der Waals surface area contributed by atoms with Crippen LogP contribution in [0.2, 0.25) is 0 Å². The minimum Gasteiger partial charge on any atom is -0.456 e. The lowest BCUT2D eigenvalue weighted by atomic mass is 9.44. The molecule has 1 saturated heterocycles. The second-order valence-corrected chi connectivity index (χ2v) is 22.6. The van der Waals surface area contributed by atoms with Crippen LogP contribution in [0.4, 0.5) is 9.59 Å². The second-order valence-electron chi connectivity index (χ2n) is 22.6. The Labute approximate surface area is 432 Å². The number of carbonyl (C=O) groups is 8. The van der Waals surface area contributed by atoms with Crippen molar-refractivity contribution in [2.75, 3.05) is 13.2 Å². The summed E-state index contributed by atoms with van der Waals surface area (Å²) < 4.78 is 41.0. The van der Waals surface area contributed by atoms with Gasteiger partial charge in [0, 0.05) is 38.6 Å².